The van der Waals surface area contributed by atoms with E-state index >= 15 is 0 Å². The highest BCUT2D eigenvalue weighted by Gasteiger charge is 1.94. The van der Waals surface area contributed by atoms with Gasteiger partial charge in [0, 0.05) is 5.56 Å². The number of benzene rings is 1. The van der Waals surface area contributed by atoms with E-state index < -0.39 is 0 Å². The minimum absolute atomic E-state index is 0.180. The van der Waals surface area contributed by atoms with Gasteiger partial charge < -0.3 is 15.9 Å². The van der Waals surface area contributed by atoms with E-state index in [0.29, 0.717) is 5.56 Å². The first kappa shape index (κ1) is 7.47. The van der Waals surface area contributed by atoms with Crippen LogP contribution in [0.25, 0.3) is 5.70 Å². The minimum Gasteiger partial charge on any atom is -0.513 e. The summed E-state index contributed by atoms with van der Waals surface area (Å²) in [6, 6.07) is 6.26. The second kappa shape index (κ2) is 2.96. The number of aliphatic hydroxyl groups excluding tert-OH is 1. The lowest BCUT2D eigenvalue weighted by Gasteiger charge is -1.98. The topological polar surface area (TPSA) is 66.5 Å². The molecule has 1 aromatic carbocycles. The van der Waals surface area contributed by atoms with Crippen LogP contribution < -0.4 is 5.73 Å². The second-order valence-corrected chi connectivity index (χ2v) is 2.13. The van der Waals surface area contributed by atoms with Gasteiger partial charge in [-0.2, -0.15) is 0 Å². The maximum absolute atomic E-state index is 8.89. The van der Waals surface area contributed by atoms with Gasteiger partial charge in [0.05, 0.1) is 5.70 Å². The second-order valence-electron chi connectivity index (χ2n) is 2.13. The molecule has 0 aliphatic carbocycles. The smallest absolute Gasteiger partial charge is 0.115 e. The van der Waals surface area contributed by atoms with Crippen LogP contribution in [-0.2, 0) is 0 Å². The van der Waals surface area contributed by atoms with Crippen molar-refractivity contribution < 1.29 is 10.2 Å². The molecule has 0 amide bonds. The van der Waals surface area contributed by atoms with Crippen LogP contribution in [0.1, 0.15) is 5.56 Å². The quantitative estimate of drug-likeness (QED) is 0.528. The lowest BCUT2D eigenvalue weighted by Crippen LogP contribution is -1.94. The maximum atomic E-state index is 8.89. The Labute approximate surface area is 64.4 Å². The van der Waals surface area contributed by atoms with Crippen LogP contribution in [0.15, 0.2) is 30.5 Å². The standard InChI is InChI=1S/C8H9NO2/c9-8(5-10)6-1-3-7(11)4-2-6/h1-5,10-11H,9H2/b8-5-. The SMILES string of the molecule is N/C(=C\O)c1ccc(O)cc1. The molecule has 0 radical (unpaired) electrons. The zero-order valence-electron chi connectivity index (χ0n) is 5.86. The molecule has 11 heavy (non-hydrogen) atoms. The van der Waals surface area contributed by atoms with Crippen LogP contribution in [0, 0.1) is 0 Å². The molecule has 3 heteroatoms. The maximum Gasteiger partial charge on any atom is 0.115 e. The van der Waals surface area contributed by atoms with Crippen molar-refractivity contribution in [2.45, 2.75) is 0 Å². The molecule has 0 fully saturated rings. The Morgan fingerprint density at radius 1 is 1.27 bits per heavy atom. The van der Waals surface area contributed by atoms with Crippen LogP contribution in [-0.4, -0.2) is 10.2 Å². The van der Waals surface area contributed by atoms with Crippen LogP contribution in [0.4, 0.5) is 0 Å². The monoisotopic (exact) mass is 151 g/mol. The van der Waals surface area contributed by atoms with Crippen molar-refractivity contribution in [3.8, 4) is 5.75 Å². The molecular formula is C8H9NO2. The molecule has 0 bridgehead atoms. The first-order chi connectivity index (χ1) is 5.24. The van der Waals surface area contributed by atoms with E-state index in [-0.39, 0.29) is 11.4 Å². The van der Waals surface area contributed by atoms with Crippen molar-refractivity contribution in [3.63, 3.8) is 0 Å². The van der Waals surface area contributed by atoms with Gasteiger partial charge in [-0.25, -0.2) is 0 Å². The fourth-order valence-corrected chi connectivity index (χ4v) is 0.728. The molecule has 0 unspecified atom stereocenters. The Bertz CT molecular complexity index is 264. The zero-order chi connectivity index (χ0) is 8.27. The average Bonchev–Trinajstić information content (AvgIpc) is 2.05. The molecule has 0 saturated carbocycles. The van der Waals surface area contributed by atoms with Crippen molar-refractivity contribution >= 4 is 5.70 Å². The predicted molar refractivity (Wildman–Crippen MR) is 42.9 cm³/mol. The van der Waals surface area contributed by atoms with Gasteiger partial charge in [0.1, 0.15) is 12.0 Å². The average molecular weight is 151 g/mol. The van der Waals surface area contributed by atoms with Crippen molar-refractivity contribution in [1.29, 1.82) is 0 Å². The van der Waals surface area contributed by atoms with Gasteiger partial charge in [-0.05, 0) is 24.3 Å². The third-order valence-electron chi connectivity index (χ3n) is 1.34. The fraction of sp³-hybridized carbons (Fsp3) is 0. The highest BCUT2D eigenvalue weighted by Crippen LogP contribution is 2.13. The number of hydrogen-bond acceptors (Lipinski definition) is 3. The van der Waals surface area contributed by atoms with Gasteiger partial charge in [-0.15, -0.1) is 0 Å². The molecule has 58 valence electrons. The van der Waals surface area contributed by atoms with Crippen LogP contribution in [0.2, 0.25) is 0 Å². The zero-order valence-corrected chi connectivity index (χ0v) is 5.86. The number of rotatable bonds is 1. The number of nitrogens with two attached hydrogens (primary N) is 1. The summed E-state index contributed by atoms with van der Waals surface area (Å²) in [5, 5.41) is 17.4. The molecule has 0 atom stereocenters. The summed E-state index contributed by atoms with van der Waals surface area (Å²) in [5.41, 5.74) is 6.34. The van der Waals surface area contributed by atoms with E-state index in [9.17, 15) is 0 Å². The van der Waals surface area contributed by atoms with Crippen molar-refractivity contribution in [2.24, 2.45) is 5.73 Å². The van der Waals surface area contributed by atoms with E-state index in [1.54, 1.807) is 12.1 Å². The predicted octanol–water partition coefficient (Wildman–Crippen LogP) is 1.21. The van der Waals surface area contributed by atoms with Crippen LogP contribution >= 0.6 is 0 Å². The molecule has 3 nitrogen and oxygen atoms in total. The van der Waals surface area contributed by atoms with E-state index in [2.05, 4.69) is 0 Å². The largest absolute Gasteiger partial charge is 0.513 e. The Hall–Kier alpha value is -1.64. The Kier molecular flexibility index (Phi) is 2.01. The highest BCUT2D eigenvalue weighted by molar-refractivity contribution is 5.61. The van der Waals surface area contributed by atoms with Crippen LogP contribution in [0.3, 0.4) is 0 Å². The molecule has 0 spiro atoms. The molecule has 1 aromatic rings. The number of aromatic hydroxyl groups is 1. The third-order valence-corrected chi connectivity index (χ3v) is 1.34. The van der Waals surface area contributed by atoms with E-state index in [4.69, 9.17) is 15.9 Å². The third kappa shape index (κ3) is 1.64. The summed E-state index contributed by atoms with van der Waals surface area (Å²) in [6.07, 6.45) is 0.826. The fourth-order valence-electron chi connectivity index (χ4n) is 0.728. The van der Waals surface area contributed by atoms with Gasteiger partial charge in [0.15, 0.2) is 0 Å². The molecule has 0 aliphatic rings. The van der Waals surface area contributed by atoms with E-state index in [1.165, 1.54) is 12.1 Å². The molecule has 0 aromatic heterocycles. The summed E-state index contributed by atoms with van der Waals surface area (Å²) < 4.78 is 0. The molecule has 0 heterocycles. The van der Waals surface area contributed by atoms with Gasteiger partial charge in [-0.3, -0.25) is 0 Å². The first-order valence-electron chi connectivity index (χ1n) is 3.13. The molecular weight excluding hydrogens is 142 g/mol. The molecule has 0 saturated heterocycles. The summed E-state index contributed by atoms with van der Waals surface area (Å²) in [4.78, 5) is 0. The number of phenolic OH excluding ortho intramolecular Hbond substituents is 1. The van der Waals surface area contributed by atoms with Gasteiger partial charge in [0.25, 0.3) is 0 Å². The highest BCUT2D eigenvalue weighted by atomic mass is 16.3. The summed E-state index contributed by atoms with van der Waals surface area (Å²) in [6.45, 7) is 0. The first-order valence-corrected chi connectivity index (χ1v) is 3.13. The van der Waals surface area contributed by atoms with Crippen molar-refractivity contribution in [3.05, 3.63) is 36.1 Å². The summed E-state index contributed by atoms with van der Waals surface area (Å²) >= 11 is 0. The van der Waals surface area contributed by atoms with E-state index in [1.807, 2.05) is 0 Å². The van der Waals surface area contributed by atoms with Gasteiger partial charge in [0.2, 0.25) is 0 Å². The van der Waals surface area contributed by atoms with Crippen molar-refractivity contribution in [2.75, 3.05) is 0 Å². The summed E-state index contributed by atoms with van der Waals surface area (Å²) in [5.74, 6) is 0.180. The lowest BCUT2D eigenvalue weighted by molar-refractivity contribution is 0.473. The summed E-state index contributed by atoms with van der Waals surface area (Å²) in [7, 11) is 0. The van der Waals surface area contributed by atoms with Gasteiger partial charge in [-0.1, -0.05) is 0 Å². The Morgan fingerprint density at radius 2 is 1.82 bits per heavy atom. The minimum atomic E-state index is 0.180. The number of phenols is 1. The number of aliphatic hydroxyl groups is 1. The van der Waals surface area contributed by atoms with E-state index in [0.717, 1.165) is 6.26 Å². The normalized spacial score (nSPS) is 11.5. The lowest BCUT2D eigenvalue weighted by atomic mass is 10.2. The van der Waals surface area contributed by atoms with Gasteiger partial charge >= 0.3 is 0 Å². The Morgan fingerprint density at radius 3 is 2.27 bits per heavy atom. The van der Waals surface area contributed by atoms with Crippen molar-refractivity contribution in [1.82, 2.24) is 0 Å². The molecule has 4 N–H and O–H groups in total. The molecule has 0 aliphatic heterocycles. The van der Waals surface area contributed by atoms with Crippen LogP contribution in [0.5, 0.6) is 5.75 Å². The molecule has 1 rings (SSSR count). The number of hydrogen-bond donors (Lipinski definition) is 3. The Balaban J connectivity index is 2.99.